The first-order chi connectivity index (χ1) is 12.0. The van der Waals surface area contributed by atoms with Crippen molar-refractivity contribution in [2.45, 2.75) is 33.4 Å². The molecule has 1 aliphatic rings. The zero-order valence-electron chi connectivity index (χ0n) is 14.9. The molecular formula is C19H23N3O3. The maximum absolute atomic E-state index is 12.7. The van der Waals surface area contributed by atoms with Crippen LogP contribution in [-0.4, -0.2) is 40.2 Å². The molecule has 1 aromatic heterocycles. The van der Waals surface area contributed by atoms with Gasteiger partial charge in [-0.05, 0) is 36.1 Å². The van der Waals surface area contributed by atoms with E-state index in [0.717, 1.165) is 12.1 Å². The molecule has 132 valence electrons. The average molecular weight is 341 g/mol. The van der Waals surface area contributed by atoms with Gasteiger partial charge in [0.05, 0.1) is 25.9 Å². The number of benzene rings is 1. The molecule has 3 rings (SSSR count). The third kappa shape index (κ3) is 3.73. The molecule has 0 spiro atoms. The van der Waals surface area contributed by atoms with Gasteiger partial charge in [0.1, 0.15) is 0 Å². The Morgan fingerprint density at radius 2 is 1.92 bits per heavy atom. The number of fused-ring (bicyclic) bond motifs is 1. The van der Waals surface area contributed by atoms with Gasteiger partial charge < -0.3 is 9.64 Å². The minimum Gasteiger partial charge on any atom is -0.464 e. The summed E-state index contributed by atoms with van der Waals surface area (Å²) in [7, 11) is 1.33. The fourth-order valence-electron chi connectivity index (χ4n) is 3.08. The first-order valence-electron chi connectivity index (χ1n) is 8.51. The lowest BCUT2D eigenvalue weighted by atomic mass is 10.0. The van der Waals surface area contributed by atoms with E-state index in [1.165, 1.54) is 12.7 Å². The molecule has 2 aromatic rings. The fraction of sp³-hybridized carbons (Fsp3) is 0.421. The first-order valence-corrected chi connectivity index (χ1v) is 8.51. The molecule has 1 amide bonds. The molecule has 0 radical (unpaired) electrons. The monoisotopic (exact) mass is 341 g/mol. The number of ether oxygens (including phenoxy) is 1. The van der Waals surface area contributed by atoms with Crippen LogP contribution in [0.5, 0.6) is 0 Å². The van der Waals surface area contributed by atoms with Gasteiger partial charge in [0.25, 0.3) is 5.91 Å². The van der Waals surface area contributed by atoms with Gasteiger partial charge in [-0.1, -0.05) is 26.0 Å². The van der Waals surface area contributed by atoms with E-state index in [2.05, 4.69) is 18.9 Å². The summed E-state index contributed by atoms with van der Waals surface area (Å²) in [6, 6.07) is 9.53. The van der Waals surface area contributed by atoms with Crippen LogP contribution in [0.1, 0.15) is 46.0 Å². The summed E-state index contributed by atoms with van der Waals surface area (Å²) >= 11 is 0. The van der Waals surface area contributed by atoms with Crippen LogP contribution in [0.15, 0.2) is 30.3 Å². The number of rotatable bonds is 4. The number of hydrogen-bond acceptors (Lipinski definition) is 4. The molecule has 25 heavy (non-hydrogen) atoms. The highest BCUT2D eigenvalue weighted by Gasteiger charge is 2.24. The largest absolute Gasteiger partial charge is 0.464 e. The van der Waals surface area contributed by atoms with E-state index in [-0.39, 0.29) is 11.6 Å². The smallest absolute Gasteiger partial charge is 0.358 e. The number of amides is 1. The predicted molar refractivity (Wildman–Crippen MR) is 93.3 cm³/mol. The lowest BCUT2D eigenvalue weighted by molar-refractivity contribution is 0.0591. The van der Waals surface area contributed by atoms with Gasteiger partial charge >= 0.3 is 5.97 Å². The van der Waals surface area contributed by atoms with Gasteiger partial charge in [-0.3, -0.25) is 9.48 Å². The quantitative estimate of drug-likeness (QED) is 0.802. The molecule has 0 unspecified atom stereocenters. The van der Waals surface area contributed by atoms with Gasteiger partial charge in [-0.25, -0.2) is 4.79 Å². The van der Waals surface area contributed by atoms with Crippen LogP contribution >= 0.6 is 0 Å². The normalized spacial score (nSPS) is 13.7. The van der Waals surface area contributed by atoms with Crippen LogP contribution in [0.3, 0.4) is 0 Å². The van der Waals surface area contributed by atoms with E-state index in [4.69, 9.17) is 4.74 Å². The molecule has 0 saturated carbocycles. The predicted octanol–water partition coefficient (Wildman–Crippen LogP) is 2.52. The number of methoxy groups -OCH3 is 1. The third-order valence-electron chi connectivity index (χ3n) is 4.32. The minimum atomic E-state index is -0.458. The van der Waals surface area contributed by atoms with Crippen LogP contribution in [0.25, 0.3) is 0 Å². The highest BCUT2D eigenvalue weighted by Crippen LogP contribution is 2.18. The summed E-state index contributed by atoms with van der Waals surface area (Å²) in [6.45, 7) is 5.94. The van der Waals surface area contributed by atoms with Crippen molar-refractivity contribution >= 4 is 11.9 Å². The molecule has 6 nitrogen and oxygen atoms in total. The van der Waals surface area contributed by atoms with E-state index >= 15 is 0 Å². The third-order valence-corrected chi connectivity index (χ3v) is 4.32. The van der Waals surface area contributed by atoms with Crippen molar-refractivity contribution in [2.75, 3.05) is 13.7 Å². The molecule has 6 heteroatoms. The molecule has 0 bridgehead atoms. The van der Waals surface area contributed by atoms with Gasteiger partial charge in [0.15, 0.2) is 5.69 Å². The summed E-state index contributed by atoms with van der Waals surface area (Å²) in [6.07, 6.45) is 1.01. The van der Waals surface area contributed by atoms with Crippen LogP contribution < -0.4 is 0 Å². The van der Waals surface area contributed by atoms with Gasteiger partial charge in [0.2, 0.25) is 0 Å². The SMILES string of the molecule is COC(=O)c1cc2n(n1)CCN(C(=O)c1ccc(CC(C)C)cc1)C2. The van der Waals surface area contributed by atoms with E-state index < -0.39 is 5.97 Å². The molecule has 0 fully saturated rings. The summed E-state index contributed by atoms with van der Waals surface area (Å²) in [5, 5.41) is 4.23. The minimum absolute atomic E-state index is 0.00293. The second kappa shape index (κ2) is 7.09. The van der Waals surface area contributed by atoms with Crippen LogP contribution in [0.2, 0.25) is 0 Å². The van der Waals surface area contributed by atoms with Gasteiger partial charge in [0, 0.05) is 12.1 Å². The number of hydrogen-bond donors (Lipinski definition) is 0. The van der Waals surface area contributed by atoms with Crippen LogP contribution in [-0.2, 0) is 24.2 Å². The molecule has 1 aromatic carbocycles. The lowest BCUT2D eigenvalue weighted by Gasteiger charge is -2.27. The highest BCUT2D eigenvalue weighted by atomic mass is 16.5. The topological polar surface area (TPSA) is 64.4 Å². The molecule has 0 atom stereocenters. The highest BCUT2D eigenvalue weighted by molar-refractivity contribution is 5.94. The van der Waals surface area contributed by atoms with E-state index in [1.807, 2.05) is 24.3 Å². The standard InChI is InChI=1S/C19H23N3O3/c1-13(2)10-14-4-6-15(7-5-14)18(23)21-8-9-22-16(12-21)11-17(20-22)19(24)25-3/h4-7,11,13H,8-10,12H2,1-3H3. The summed E-state index contributed by atoms with van der Waals surface area (Å²) < 4.78 is 6.47. The Labute approximate surface area is 147 Å². The molecule has 0 saturated heterocycles. The molecule has 0 aliphatic carbocycles. The number of nitrogens with zero attached hydrogens (tertiary/aromatic N) is 3. The summed E-state index contributed by atoms with van der Waals surface area (Å²) in [5.74, 6) is 0.136. The van der Waals surface area contributed by atoms with Crippen molar-refractivity contribution in [1.82, 2.24) is 14.7 Å². The number of aromatic nitrogens is 2. The van der Waals surface area contributed by atoms with E-state index in [9.17, 15) is 9.59 Å². The molecule has 1 aliphatic heterocycles. The average Bonchev–Trinajstić information content (AvgIpc) is 3.03. The maximum Gasteiger partial charge on any atom is 0.358 e. The summed E-state index contributed by atoms with van der Waals surface area (Å²) in [4.78, 5) is 26.1. The Morgan fingerprint density at radius 3 is 2.56 bits per heavy atom. The van der Waals surface area contributed by atoms with Crippen LogP contribution in [0.4, 0.5) is 0 Å². The number of carbonyl (C=O) groups is 2. The fourth-order valence-corrected chi connectivity index (χ4v) is 3.08. The van der Waals surface area contributed by atoms with E-state index in [0.29, 0.717) is 31.1 Å². The Morgan fingerprint density at radius 1 is 1.20 bits per heavy atom. The zero-order valence-corrected chi connectivity index (χ0v) is 14.9. The number of esters is 1. The number of carbonyl (C=O) groups excluding carboxylic acids is 2. The molecule has 0 N–H and O–H groups in total. The van der Waals surface area contributed by atoms with Crippen molar-refractivity contribution in [3.05, 3.63) is 52.8 Å². The van der Waals surface area contributed by atoms with Gasteiger partial charge in [-0.2, -0.15) is 5.10 Å². The Balaban J connectivity index is 1.71. The Hall–Kier alpha value is -2.63. The van der Waals surface area contributed by atoms with Crippen molar-refractivity contribution in [3.8, 4) is 0 Å². The van der Waals surface area contributed by atoms with E-state index in [1.54, 1.807) is 15.6 Å². The lowest BCUT2D eigenvalue weighted by Crippen LogP contribution is -2.38. The van der Waals surface area contributed by atoms with Crippen molar-refractivity contribution in [2.24, 2.45) is 5.92 Å². The van der Waals surface area contributed by atoms with Crippen molar-refractivity contribution in [1.29, 1.82) is 0 Å². The molecular weight excluding hydrogens is 318 g/mol. The first kappa shape index (κ1) is 17.2. The maximum atomic E-state index is 12.7. The molecule has 2 heterocycles. The van der Waals surface area contributed by atoms with Gasteiger partial charge in [-0.15, -0.1) is 0 Å². The zero-order chi connectivity index (χ0) is 18.0. The Kier molecular flexibility index (Phi) is 4.88. The Bertz CT molecular complexity index is 778. The van der Waals surface area contributed by atoms with Crippen molar-refractivity contribution in [3.63, 3.8) is 0 Å². The summed E-state index contributed by atoms with van der Waals surface area (Å²) in [5.41, 5.74) is 3.06. The second-order valence-electron chi connectivity index (χ2n) is 6.76. The second-order valence-corrected chi connectivity index (χ2v) is 6.76. The van der Waals surface area contributed by atoms with Crippen LogP contribution in [0, 0.1) is 5.92 Å². The van der Waals surface area contributed by atoms with Crippen molar-refractivity contribution < 1.29 is 14.3 Å².